The molecule has 0 aliphatic rings. The van der Waals surface area contributed by atoms with Crippen molar-refractivity contribution >= 4 is 10.0 Å². The van der Waals surface area contributed by atoms with Gasteiger partial charge in [-0.2, -0.15) is 13.2 Å². The molecule has 0 aliphatic heterocycles. The fraction of sp³-hybridized carbons (Fsp3) is 0.400. The van der Waals surface area contributed by atoms with Gasteiger partial charge in [0.25, 0.3) is 10.0 Å². The summed E-state index contributed by atoms with van der Waals surface area (Å²) in [6, 6.07) is 3.84. The van der Waals surface area contributed by atoms with Gasteiger partial charge in [-0.3, -0.25) is 4.84 Å². The Hall–Kier alpha value is -1.52. The van der Waals surface area contributed by atoms with E-state index in [9.17, 15) is 21.6 Å². The maximum absolute atomic E-state index is 11.9. The summed E-state index contributed by atoms with van der Waals surface area (Å²) >= 11 is 0. The number of methoxy groups -OCH3 is 2. The summed E-state index contributed by atoms with van der Waals surface area (Å²) in [6.45, 7) is -1.75. The molecule has 10 heteroatoms. The Bertz CT molecular complexity index is 559. The number of sulfonamides is 1. The highest BCUT2D eigenvalue weighted by Gasteiger charge is 2.29. The maximum Gasteiger partial charge on any atom is 0.413 e. The topological polar surface area (TPSA) is 73.9 Å². The van der Waals surface area contributed by atoms with Crippen LogP contribution in [0.2, 0.25) is 0 Å². The number of rotatable bonds is 6. The van der Waals surface area contributed by atoms with E-state index in [2.05, 4.69) is 4.84 Å². The maximum atomic E-state index is 11.9. The second-order valence-electron chi connectivity index (χ2n) is 3.51. The van der Waals surface area contributed by atoms with Crippen molar-refractivity contribution in [1.29, 1.82) is 0 Å². The Morgan fingerprint density at radius 2 is 1.85 bits per heavy atom. The summed E-state index contributed by atoms with van der Waals surface area (Å²) in [6.07, 6.45) is -4.65. The van der Waals surface area contributed by atoms with E-state index in [1.807, 2.05) is 0 Å². The average Bonchev–Trinajstić information content (AvgIpc) is 2.36. The number of ether oxygens (including phenoxy) is 2. The minimum absolute atomic E-state index is 0.0612. The summed E-state index contributed by atoms with van der Waals surface area (Å²) in [7, 11) is -1.80. The van der Waals surface area contributed by atoms with E-state index < -0.39 is 27.7 Å². The quantitative estimate of drug-likeness (QED) is 0.805. The molecular weight excluding hydrogens is 303 g/mol. The fourth-order valence-corrected chi connectivity index (χ4v) is 2.22. The molecule has 0 saturated carbocycles. The van der Waals surface area contributed by atoms with Gasteiger partial charge in [0.2, 0.25) is 0 Å². The van der Waals surface area contributed by atoms with Crippen LogP contribution < -0.4 is 14.4 Å². The van der Waals surface area contributed by atoms with Crippen molar-refractivity contribution in [2.45, 2.75) is 11.1 Å². The molecule has 0 spiro atoms. The molecule has 20 heavy (non-hydrogen) atoms. The standard InChI is InChI=1S/C10H12F3NO5S/c1-17-7-3-4-8(18-2)9(5-7)20(15,16)14-19-6-10(11,12)13/h3-5,14H,6H2,1-2H3. The Morgan fingerprint density at radius 1 is 1.20 bits per heavy atom. The van der Waals surface area contributed by atoms with Crippen molar-refractivity contribution < 1.29 is 35.9 Å². The lowest BCUT2D eigenvalue weighted by molar-refractivity contribution is -0.181. The van der Waals surface area contributed by atoms with Gasteiger partial charge in [-0.1, -0.05) is 4.89 Å². The molecule has 0 bridgehead atoms. The number of hydrogen-bond acceptors (Lipinski definition) is 5. The van der Waals surface area contributed by atoms with E-state index in [1.54, 1.807) is 0 Å². The van der Waals surface area contributed by atoms with E-state index >= 15 is 0 Å². The Balaban J connectivity index is 2.96. The first kappa shape index (κ1) is 16.5. The zero-order chi connectivity index (χ0) is 15.4. The van der Waals surface area contributed by atoms with Crippen LogP contribution in [-0.2, 0) is 14.9 Å². The van der Waals surface area contributed by atoms with Gasteiger partial charge in [0.1, 0.15) is 16.4 Å². The molecule has 6 nitrogen and oxygen atoms in total. The van der Waals surface area contributed by atoms with Crippen molar-refractivity contribution in [2.24, 2.45) is 0 Å². The van der Waals surface area contributed by atoms with Gasteiger partial charge < -0.3 is 9.47 Å². The smallest absolute Gasteiger partial charge is 0.413 e. The molecule has 1 aromatic carbocycles. The van der Waals surface area contributed by atoms with E-state index in [-0.39, 0.29) is 11.5 Å². The molecule has 0 atom stereocenters. The van der Waals surface area contributed by atoms with E-state index in [1.165, 1.54) is 31.2 Å². The molecule has 0 heterocycles. The van der Waals surface area contributed by atoms with Gasteiger partial charge in [-0.25, -0.2) is 8.42 Å². The summed E-state index contributed by atoms with van der Waals surface area (Å²) in [5, 5.41) is 0. The van der Waals surface area contributed by atoms with Crippen LogP contribution in [0, 0.1) is 0 Å². The largest absolute Gasteiger partial charge is 0.497 e. The van der Waals surface area contributed by atoms with Crippen LogP contribution in [0.15, 0.2) is 23.1 Å². The third-order valence-electron chi connectivity index (χ3n) is 2.06. The Morgan fingerprint density at radius 3 is 2.35 bits per heavy atom. The van der Waals surface area contributed by atoms with Crippen LogP contribution >= 0.6 is 0 Å². The fourth-order valence-electron chi connectivity index (χ4n) is 1.23. The molecule has 0 amide bonds. The Kier molecular flexibility index (Phi) is 5.20. The zero-order valence-corrected chi connectivity index (χ0v) is 11.3. The van der Waals surface area contributed by atoms with Crippen LogP contribution in [0.4, 0.5) is 13.2 Å². The lowest BCUT2D eigenvalue weighted by atomic mass is 10.3. The first-order valence-corrected chi connectivity index (χ1v) is 6.60. The van der Waals surface area contributed by atoms with Crippen molar-refractivity contribution in [3.05, 3.63) is 18.2 Å². The molecule has 0 fully saturated rings. The van der Waals surface area contributed by atoms with E-state index in [0.717, 1.165) is 6.07 Å². The highest BCUT2D eigenvalue weighted by atomic mass is 32.2. The average molecular weight is 315 g/mol. The van der Waals surface area contributed by atoms with E-state index in [4.69, 9.17) is 9.47 Å². The van der Waals surface area contributed by atoms with Crippen molar-refractivity contribution in [3.63, 3.8) is 0 Å². The lowest BCUT2D eigenvalue weighted by Gasteiger charge is -2.12. The van der Waals surface area contributed by atoms with Crippen LogP contribution in [0.1, 0.15) is 0 Å². The molecule has 0 unspecified atom stereocenters. The minimum Gasteiger partial charge on any atom is -0.497 e. The molecule has 1 rings (SSSR count). The van der Waals surface area contributed by atoms with Crippen molar-refractivity contribution in [3.8, 4) is 11.5 Å². The summed E-state index contributed by atoms with van der Waals surface area (Å²) in [4.78, 5) is 4.90. The molecule has 0 saturated heterocycles. The minimum atomic E-state index is -4.65. The molecule has 114 valence electrons. The number of benzene rings is 1. The Labute approximate surface area is 113 Å². The summed E-state index contributed by atoms with van der Waals surface area (Å²) in [5.41, 5.74) is 0. The van der Waals surface area contributed by atoms with Crippen molar-refractivity contribution in [1.82, 2.24) is 4.89 Å². The number of hydrogen-bond donors (Lipinski definition) is 1. The first-order valence-electron chi connectivity index (χ1n) is 5.12. The van der Waals surface area contributed by atoms with Crippen LogP contribution in [0.25, 0.3) is 0 Å². The van der Waals surface area contributed by atoms with Gasteiger partial charge in [0.15, 0.2) is 6.61 Å². The van der Waals surface area contributed by atoms with Gasteiger partial charge in [0.05, 0.1) is 14.2 Å². The normalized spacial score (nSPS) is 12.2. The van der Waals surface area contributed by atoms with Gasteiger partial charge in [-0.15, -0.1) is 0 Å². The predicted octanol–water partition coefficient (Wildman–Crippen LogP) is 1.48. The third kappa shape index (κ3) is 4.54. The van der Waals surface area contributed by atoms with E-state index in [0.29, 0.717) is 0 Å². The molecule has 1 aromatic rings. The summed E-state index contributed by atoms with van der Waals surface area (Å²) in [5.74, 6) is 0.135. The molecule has 0 radical (unpaired) electrons. The highest BCUT2D eigenvalue weighted by molar-refractivity contribution is 7.89. The lowest BCUT2D eigenvalue weighted by Crippen LogP contribution is -2.29. The SMILES string of the molecule is COc1ccc(OC)c(S(=O)(=O)NOCC(F)(F)F)c1. The van der Waals surface area contributed by atoms with Gasteiger partial charge >= 0.3 is 6.18 Å². The second-order valence-corrected chi connectivity index (χ2v) is 5.12. The predicted molar refractivity (Wildman–Crippen MR) is 61.9 cm³/mol. The molecular formula is C10H12F3NO5S. The van der Waals surface area contributed by atoms with Crippen LogP contribution in [0.3, 0.4) is 0 Å². The highest BCUT2D eigenvalue weighted by Crippen LogP contribution is 2.28. The molecule has 1 N–H and O–H groups in total. The zero-order valence-electron chi connectivity index (χ0n) is 10.5. The second kappa shape index (κ2) is 6.29. The number of halogens is 3. The van der Waals surface area contributed by atoms with Gasteiger partial charge in [-0.05, 0) is 12.1 Å². The first-order chi connectivity index (χ1) is 9.19. The molecule has 0 aromatic heterocycles. The summed E-state index contributed by atoms with van der Waals surface area (Å²) < 4.78 is 69.0. The third-order valence-corrected chi connectivity index (χ3v) is 3.30. The monoisotopic (exact) mass is 315 g/mol. The van der Waals surface area contributed by atoms with Crippen molar-refractivity contribution in [2.75, 3.05) is 20.8 Å². The number of nitrogens with one attached hydrogen (secondary N) is 1. The van der Waals surface area contributed by atoms with Crippen LogP contribution in [0.5, 0.6) is 11.5 Å². The molecule has 0 aliphatic carbocycles. The number of alkyl halides is 3. The van der Waals surface area contributed by atoms with Crippen LogP contribution in [-0.4, -0.2) is 35.4 Å². The van der Waals surface area contributed by atoms with Gasteiger partial charge in [0, 0.05) is 6.07 Å².